The fraction of sp³-hybridized carbons (Fsp3) is 0.583. The molecule has 0 aromatic carbocycles. The highest BCUT2D eigenvalue weighted by molar-refractivity contribution is 5.76. The van der Waals surface area contributed by atoms with E-state index in [0.29, 0.717) is 12.2 Å². The summed E-state index contributed by atoms with van der Waals surface area (Å²) in [5.74, 6) is -0.144. The van der Waals surface area contributed by atoms with Crippen LogP contribution >= 0.6 is 0 Å². The molecular weight excluding hydrogens is 247 g/mol. The summed E-state index contributed by atoms with van der Waals surface area (Å²) in [6.45, 7) is 0.499. The average Bonchev–Trinajstić information content (AvgIpc) is 2.75. The lowest BCUT2D eigenvalue weighted by Gasteiger charge is -2.23. The third kappa shape index (κ3) is 5.25. The maximum absolute atomic E-state index is 12.4. The van der Waals surface area contributed by atoms with Gasteiger partial charge in [-0.15, -0.1) is 0 Å². The van der Waals surface area contributed by atoms with Gasteiger partial charge in [-0.2, -0.15) is 13.2 Å². The lowest BCUT2D eigenvalue weighted by molar-refractivity contribution is -0.162. The number of carbonyl (C=O) groups is 1. The van der Waals surface area contributed by atoms with Gasteiger partial charge in [0.15, 0.2) is 0 Å². The summed E-state index contributed by atoms with van der Waals surface area (Å²) < 4.78 is 42.1. The molecular formula is C12H16F3NO2. The van der Waals surface area contributed by atoms with E-state index in [1.165, 1.54) is 6.26 Å². The Labute approximate surface area is 104 Å². The van der Waals surface area contributed by atoms with Crippen molar-refractivity contribution in [1.82, 2.24) is 4.90 Å². The van der Waals surface area contributed by atoms with E-state index in [4.69, 9.17) is 4.42 Å². The van der Waals surface area contributed by atoms with E-state index in [0.717, 1.165) is 11.3 Å². The van der Waals surface area contributed by atoms with E-state index >= 15 is 0 Å². The molecule has 0 saturated carbocycles. The predicted molar refractivity (Wildman–Crippen MR) is 59.7 cm³/mol. The number of hydrogen-bond acceptors (Lipinski definition) is 2. The van der Waals surface area contributed by atoms with E-state index < -0.39 is 18.6 Å². The summed E-state index contributed by atoms with van der Waals surface area (Å²) in [7, 11) is 0. The highest BCUT2D eigenvalue weighted by Crippen LogP contribution is 2.19. The lowest BCUT2D eigenvalue weighted by atomic mass is 10.2. The van der Waals surface area contributed by atoms with Crippen LogP contribution in [0.1, 0.15) is 31.9 Å². The molecule has 0 aliphatic carbocycles. The predicted octanol–water partition coefficient (Wildman–Crippen LogP) is 3.36. The minimum absolute atomic E-state index is 0.132. The first-order valence-corrected chi connectivity index (χ1v) is 5.79. The van der Waals surface area contributed by atoms with E-state index in [1.807, 2.05) is 6.92 Å². The van der Waals surface area contributed by atoms with Crippen molar-refractivity contribution >= 4 is 5.91 Å². The minimum atomic E-state index is -4.39. The van der Waals surface area contributed by atoms with Crippen molar-refractivity contribution in [2.45, 2.75) is 38.9 Å². The Balaban J connectivity index is 2.65. The largest absolute Gasteiger partial charge is 0.467 e. The van der Waals surface area contributed by atoms with E-state index in [1.54, 1.807) is 12.1 Å². The van der Waals surface area contributed by atoms with Gasteiger partial charge < -0.3 is 9.32 Å². The topological polar surface area (TPSA) is 33.5 Å². The molecule has 0 aliphatic heterocycles. The number of alkyl halides is 3. The monoisotopic (exact) mass is 263 g/mol. The third-order valence-electron chi connectivity index (χ3n) is 2.39. The van der Waals surface area contributed by atoms with Gasteiger partial charge in [-0.1, -0.05) is 13.3 Å². The van der Waals surface area contributed by atoms with E-state index in [-0.39, 0.29) is 13.0 Å². The second kappa shape index (κ2) is 6.47. The molecule has 0 radical (unpaired) electrons. The van der Waals surface area contributed by atoms with Crippen LogP contribution in [0, 0.1) is 0 Å². The minimum Gasteiger partial charge on any atom is -0.467 e. The number of amides is 1. The maximum atomic E-state index is 12.4. The zero-order valence-electron chi connectivity index (χ0n) is 10.2. The number of carbonyl (C=O) groups excluding carboxylic acids is 1. The molecule has 1 aromatic heterocycles. The Kier molecular flexibility index (Phi) is 5.25. The Morgan fingerprint density at radius 2 is 2.17 bits per heavy atom. The molecule has 6 heteroatoms. The van der Waals surface area contributed by atoms with Crippen LogP contribution in [0.5, 0.6) is 0 Å². The number of unbranched alkanes of at least 4 members (excludes halogenated alkanes) is 1. The summed E-state index contributed by atoms with van der Waals surface area (Å²) >= 11 is 0. The number of halogens is 3. The standard InChI is InChI=1S/C12H16F3NO2/c1-2-3-6-11(17)16(9-12(13,14)15)8-10-5-4-7-18-10/h4-5,7H,2-3,6,8-9H2,1H3. The Morgan fingerprint density at radius 1 is 1.44 bits per heavy atom. The van der Waals surface area contributed by atoms with Gasteiger partial charge in [0.1, 0.15) is 12.3 Å². The van der Waals surface area contributed by atoms with Crippen LogP contribution in [-0.4, -0.2) is 23.5 Å². The quantitative estimate of drug-likeness (QED) is 0.788. The second-order valence-corrected chi connectivity index (χ2v) is 4.05. The van der Waals surface area contributed by atoms with Crippen LogP contribution in [-0.2, 0) is 11.3 Å². The van der Waals surface area contributed by atoms with Crippen molar-refractivity contribution in [3.05, 3.63) is 24.2 Å². The summed E-state index contributed by atoms with van der Waals surface area (Å²) in [6.07, 6.45) is -1.53. The molecule has 0 N–H and O–H groups in total. The lowest BCUT2D eigenvalue weighted by Crippen LogP contribution is -2.38. The van der Waals surface area contributed by atoms with E-state index in [9.17, 15) is 18.0 Å². The Morgan fingerprint density at radius 3 is 2.67 bits per heavy atom. The Bertz CT molecular complexity index is 360. The molecule has 0 bridgehead atoms. The van der Waals surface area contributed by atoms with Crippen LogP contribution in [0.25, 0.3) is 0 Å². The Hall–Kier alpha value is -1.46. The van der Waals surface area contributed by atoms with Crippen molar-refractivity contribution < 1.29 is 22.4 Å². The van der Waals surface area contributed by atoms with Gasteiger partial charge in [-0.05, 0) is 18.6 Å². The summed E-state index contributed by atoms with van der Waals surface area (Å²) in [6, 6.07) is 3.13. The molecule has 1 rings (SSSR count). The number of hydrogen-bond donors (Lipinski definition) is 0. The zero-order chi connectivity index (χ0) is 13.6. The van der Waals surface area contributed by atoms with Gasteiger partial charge in [0, 0.05) is 6.42 Å². The summed E-state index contributed by atoms with van der Waals surface area (Å²) in [5, 5.41) is 0. The molecule has 3 nitrogen and oxygen atoms in total. The van der Waals surface area contributed by atoms with Crippen LogP contribution in [0.15, 0.2) is 22.8 Å². The van der Waals surface area contributed by atoms with Gasteiger partial charge >= 0.3 is 6.18 Å². The SMILES string of the molecule is CCCCC(=O)N(Cc1ccco1)CC(F)(F)F. The number of furan rings is 1. The molecule has 1 heterocycles. The zero-order valence-corrected chi connectivity index (χ0v) is 10.2. The molecule has 1 aromatic rings. The average molecular weight is 263 g/mol. The highest BCUT2D eigenvalue weighted by Gasteiger charge is 2.33. The van der Waals surface area contributed by atoms with Crippen molar-refractivity contribution in [1.29, 1.82) is 0 Å². The first-order chi connectivity index (χ1) is 8.42. The molecule has 0 saturated heterocycles. The van der Waals surface area contributed by atoms with Crippen molar-refractivity contribution in [2.24, 2.45) is 0 Å². The van der Waals surface area contributed by atoms with Crippen molar-refractivity contribution in [2.75, 3.05) is 6.54 Å². The van der Waals surface area contributed by atoms with Gasteiger partial charge in [0.05, 0.1) is 12.8 Å². The van der Waals surface area contributed by atoms with Crippen LogP contribution < -0.4 is 0 Å². The van der Waals surface area contributed by atoms with Crippen molar-refractivity contribution in [3.63, 3.8) is 0 Å². The highest BCUT2D eigenvalue weighted by atomic mass is 19.4. The van der Waals surface area contributed by atoms with Crippen molar-refractivity contribution in [3.8, 4) is 0 Å². The summed E-state index contributed by atoms with van der Waals surface area (Å²) in [4.78, 5) is 12.5. The van der Waals surface area contributed by atoms with Gasteiger partial charge in [-0.25, -0.2) is 0 Å². The number of nitrogens with zero attached hydrogens (tertiary/aromatic N) is 1. The van der Waals surface area contributed by atoms with Gasteiger partial charge in [0.2, 0.25) is 5.91 Å². The van der Waals surface area contributed by atoms with Gasteiger partial charge in [0.25, 0.3) is 0 Å². The van der Waals surface area contributed by atoms with E-state index in [2.05, 4.69) is 0 Å². The molecule has 0 unspecified atom stereocenters. The molecule has 0 spiro atoms. The molecule has 1 amide bonds. The summed E-state index contributed by atoms with van der Waals surface area (Å²) in [5.41, 5.74) is 0. The third-order valence-corrected chi connectivity index (χ3v) is 2.39. The second-order valence-electron chi connectivity index (χ2n) is 4.05. The number of rotatable bonds is 6. The fourth-order valence-electron chi connectivity index (χ4n) is 1.53. The smallest absolute Gasteiger partial charge is 0.406 e. The van der Waals surface area contributed by atoms with Crippen LogP contribution in [0.2, 0.25) is 0 Å². The van der Waals surface area contributed by atoms with Crippen LogP contribution in [0.4, 0.5) is 13.2 Å². The maximum Gasteiger partial charge on any atom is 0.406 e. The molecule has 0 fully saturated rings. The first-order valence-electron chi connectivity index (χ1n) is 5.79. The molecule has 0 aliphatic rings. The normalized spacial score (nSPS) is 11.6. The van der Waals surface area contributed by atoms with Crippen LogP contribution in [0.3, 0.4) is 0 Å². The molecule has 102 valence electrons. The first kappa shape index (κ1) is 14.6. The molecule has 0 atom stereocenters. The fourth-order valence-corrected chi connectivity index (χ4v) is 1.53. The van der Waals surface area contributed by atoms with Gasteiger partial charge in [-0.3, -0.25) is 4.79 Å². The molecule has 18 heavy (non-hydrogen) atoms.